The zero-order valence-electron chi connectivity index (χ0n) is 12.0. The number of ether oxygens (including phenoxy) is 2. The first-order chi connectivity index (χ1) is 9.98. The summed E-state index contributed by atoms with van der Waals surface area (Å²) < 4.78 is 47.0. The SMILES string of the molecule is COc1ccc(CNC2CC2)c(OCCCC(F)(F)F)c1. The fraction of sp³-hybridized carbons (Fsp3) is 0.600. The van der Waals surface area contributed by atoms with Gasteiger partial charge >= 0.3 is 6.18 Å². The molecule has 3 nitrogen and oxygen atoms in total. The van der Waals surface area contributed by atoms with Gasteiger partial charge in [-0.25, -0.2) is 0 Å². The van der Waals surface area contributed by atoms with Crippen LogP contribution in [0.25, 0.3) is 0 Å². The molecule has 6 heteroatoms. The molecule has 0 unspecified atom stereocenters. The Balaban J connectivity index is 1.90. The van der Waals surface area contributed by atoms with Gasteiger partial charge in [0.25, 0.3) is 0 Å². The van der Waals surface area contributed by atoms with Gasteiger partial charge in [-0.05, 0) is 25.3 Å². The standard InChI is InChI=1S/C15H20F3NO2/c1-20-13-6-3-11(10-19-12-4-5-12)14(9-13)21-8-2-7-15(16,17)18/h3,6,9,12,19H,2,4-5,7-8,10H2,1H3. The van der Waals surface area contributed by atoms with Crippen molar-refractivity contribution in [1.29, 1.82) is 0 Å². The lowest BCUT2D eigenvalue weighted by atomic mass is 10.2. The predicted octanol–water partition coefficient (Wildman–Crippen LogP) is 3.67. The Bertz CT molecular complexity index is 459. The Hall–Kier alpha value is -1.43. The van der Waals surface area contributed by atoms with Crippen molar-refractivity contribution in [2.75, 3.05) is 13.7 Å². The first kappa shape index (κ1) is 15.9. The minimum absolute atomic E-state index is 0.0447. The Labute approximate surface area is 122 Å². The molecule has 0 heterocycles. The summed E-state index contributed by atoms with van der Waals surface area (Å²) in [6.07, 6.45) is -2.65. The van der Waals surface area contributed by atoms with Crippen molar-refractivity contribution in [2.45, 2.75) is 44.4 Å². The van der Waals surface area contributed by atoms with Crippen LogP contribution in [0.3, 0.4) is 0 Å². The normalized spacial score (nSPS) is 15.0. The first-order valence-electron chi connectivity index (χ1n) is 7.08. The van der Waals surface area contributed by atoms with Crippen LogP contribution in [0.4, 0.5) is 13.2 Å². The number of alkyl halides is 3. The Morgan fingerprint density at radius 3 is 2.67 bits per heavy atom. The minimum Gasteiger partial charge on any atom is -0.497 e. The van der Waals surface area contributed by atoms with Gasteiger partial charge in [0.15, 0.2) is 0 Å². The maximum Gasteiger partial charge on any atom is 0.389 e. The number of methoxy groups -OCH3 is 1. The summed E-state index contributed by atoms with van der Waals surface area (Å²) >= 11 is 0. The second-order valence-electron chi connectivity index (χ2n) is 5.20. The van der Waals surface area contributed by atoms with E-state index in [9.17, 15) is 13.2 Å². The summed E-state index contributed by atoms with van der Waals surface area (Å²) in [5.74, 6) is 1.22. The van der Waals surface area contributed by atoms with Crippen LogP contribution in [-0.4, -0.2) is 25.9 Å². The molecule has 0 atom stereocenters. The predicted molar refractivity (Wildman–Crippen MR) is 73.6 cm³/mol. The zero-order chi connectivity index (χ0) is 15.3. The van der Waals surface area contributed by atoms with E-state index in [1.54, 1.807) is 13.2 Å². The fourth-order valence-corrected chi connectivity index (χ4v) is 1.94. The van der Waals surface area contributed by atoms with Gasteiger partial charge in [-0.3, -0.25) is 0 Å². The van der Waals surface area contributed by atoms with E-state index in [0.717, 1.165) is 5.56 Å². The number of hydrogen-bond acceptors (Lipinski definition) is 3. The highest BCUT2D eigenvalue weighted by atomic mass is 19.4. The molecule has 21 heavy (non-hydrogen) atoms. The monoisotopic (exact) mass is 303 g/mol. The molecule has 1 N–H and O–H groups in total. The Morgan fingerprint density at radius 1 is 1.29 bits per heavy atom. The number of halogens is 3. The number of nitrogens with one attached hydrogen (secondary N) is 1. The van der Waals surface area contributed by atoms with E-state index in [1.165, 1.54) is 12.8 Å². The van der Waals surface area contributed by atoms with Gasteiger partial charge in [0.2, 0.25) is 0 Å². The van der Waals surface area contributed by atoms with Crippen molar-refractivity contribution in [3.63, 3.8) is 0 Å². The highest BCUT2D eigenvalue weighted by molar-refractivity contribution is 5.40. The maximum absolute atomic E-state index is 12.1. The van der Waals surface area contributed by atoms with Crippen LogP contribution in [0.1, 0.15) is 31.2 Å². The molecule has 0 bridgehead atoms. The average molecular weight is 303 g/mol. The summed E-state index contributed by atoms with van der Waals surface area (Å²) in [7, 11) is 1.55. The highest BCUT2D eigenvalue weighted by Gasteiger charge is 2.26. The second-order valence-corrected chi connectivity index (χ2v) is 5.20. The van der Waals surface area contributed by atoms with Gasteiger partial charge in [0.05, 0.1) is 13.7 Å². The molecule has 0 amide bonds. The molecule has 0 spiro atoms. The van der Waals surface area contributed by atoms with Crippen LogP contribution < -0.4 is 14.8 Å². The third-order valence-electron chi connectivity index (χ3n) is 3.30. The molecule has 1 aromatic carbocycles. The number of benzene rings is 1. The third-order valence-corrected chi connectivity index (χ3v) is 3.30. The minimum atomic E-state index is -4.13. The molecule has 0 radical (unpaired) electrons. The van der Waals surface area contributed by atoms with Crippen LogP contribution in [-0.2, 0) is 6.54 Å². The summed E-state index contributed by atoms with van der Waals surface area (Å²) in [6.45, 7) is 0.701. The van der Waals surface area contributed by atoms with Crippen LogP contribution >= 0.6 is 0 Å². The summed E-state index contributed by atoms with van der Waals surface area (Å²) in [5.41, 5.74) is 0.940. The van der Waals surface area contributed by atoms with E-state index in [2.05, 4.69) is 5.32 Å². The second kappa shape index (κ2) is 7.02. The molecule has 0 aromatic heterocycles. The van der Waals surface area contributed by atoms with Crippen molar-refractivity contribution < 1.29 is 22.6 Å². The molecule has 1 saturated carbocycles. The van der Waals surface area contributed by atoms with Crippen molar-refractivity contribution in [1.82, 2.24) is 5.32 Å². The van der Waals surface area contributed by atoms with E-state index in [4.69, 9.17) is 9.47 Å². The molecule has 118 valence electrons. The van der Waals surface area contributed by atoms with Gasteiger partial charge in [0, 0.05) is 30.6 Å². The molecule has 1 aliphatic carbocycles. The molecule has 2 rings (SSSR count). The van der Waals surface area contributed by atoms with Crippen LogP contribution in [0.5, 0.6) is 11.5 Å². The molecule has 1 aromatic rings. The van der Waals surface area contributed by atoms with Crippen molar-refractivity contribution >= 4 is 0 Å². The van der Waals surface area contributed by atoms with E-state index in [0.29, 0.717) is 24.1 Å². The van der Waals surface area contributed by atoms with Crippen molar-refractivity contribution in [3.05, 3.63) is 23.8 Å². The fourth-order valence-electron chi connectivity index (χ4n) is 1.94. The largest absolute Gasteiger partial charge is 0.497 e. The Morgan fingerprint density at radius 2 is 2.05 bits per heavy atom. The molecule has 1 aliphatic rings. The van der Waals surface area contributed by atoms with E-state index >= 15 is 0 Å². The van der Waals surface area contributed by atoms with E-state index < -0.39 is 12.6 Å². The van der Waals surface area contributed by atoms with Gasteiger partial charge in [0.1, 0.15) is 11.5 Å². The number of rotatable bonds is 8. The van der Waals surface area contributed by atoms with Gasteiger partial charge in [-0.2, -0.15) is 13.2 Å². The van der Waals surface area contributed by atoms with Gasteiger partial charge in [-0.1, -0.05) is 6.07 Å². The number of hydrogen-bond donors (Lipinski definition) is 1. The average Bonchev–Trinajstić information content (AvgIpc) is 3.25. The van der Waals surface area contributed by atoms with E-state index in [-0.39, 0.29) is 13.0 Å². The topological polar surface area (TPSA) is 30.5 Å². The molecular weight excluding hydrogens is 283 g/mol. The first-order valence-corrected chi connectivity index (χ1v) is 7.08. The van der Waals surface area contributed by atoms with Gasteiger partial charge in [-0.15, -0.1) is 0 Å². The summed E-state index contributed by atoms with van der Waals surface area (Å²) in [5, 5.41) is 3.36. The zero-order valence-corrected chi connectivity index (χ0v) is 12.0. The summed E-state index contributed by atoms with van der Waals surface area (Å²) in [4.78, 5) is 0. The van der Waals surface area contributed by atoms with Gasteiger partial charge < -0.3 is 14.8 Å². The quantitative estimate of drug-likeness (QED) is 0.743. The lowest BCUT2D eigenvalue weighted by Crippen LogP contribution is -2.16. The lowest BCUT2D eigenvalue weighted by Gasteiger charge is -2.14. The molecule has 0 aliphatic heterocycles. The molecule has 1 fully saturated rings. The van der Waals surface area contributed by atoms with Crippen molar-refractivity contribution in [2.24, 2.45) is 0 Å². The Kier molecular flexibility index (Phi) is 5.33. The van der Waals surface area contributed by atoms with Crippen LogP contribution in [0, 0.1) is 0 Å². The van der Waals surface area contributed by atoms with Crippen LogP contribution in [0.15, 0.2) is 18.2 Å². The maximum atomic E-state index is 12.1. The van der Waals surface area contributed by atoms with Crippen LogP contribution in [0.2, 0.25) is 0 Å². The smallest absolute Gasteiger partial charge is 0.389 e. The third kappa shape index (κ3) is 5.83. The summed E-state index contributed by atoms with van der Waals surface area (Å²) in [6, 6.07) is 5.99. The highest BCUT2D eigenvalue weighted by Crippen LogP contribution is 2.27. The molecular formula is C15H20F3NO2. The van der Waals surface area contributed by atoms with Crippen molar-refractivity contribution in [3.8, 4) is 11.5 Å². The molecule has 0 saturated heterocycles. The lowest BCUT2D eigenvalue weighted by molar-refractivity contribution is -0.136. The van der Waals surface area contributed by atoms with E-state index in [1.807, 2.05) is 12.1 Å².